The number of carbonyl (C=O) groups is 2. The van der Waals surface area contributed by atoms with E-state index < -0.39 is 0 Å². The molecule has 0 spiro atoms. The molecule has 24 heavy (non-hydrogen) atoms. The van der Waals surface area contributed by atoms with Crippen molar-refractivity contribution in [3.8, 4) is 0 Å². The van der Waals surface area contributed by atoms with Crippen LogP contribution in [0.1, 0.15) is 17.5 Å². The van der Waals surface area contributed by atoms with Crippen molar-refractivity contribution < 1.29 is 9.59 Å². The molecule has 1 aliphatic rings. The van der Waals surface area contributed by atoms with Crippen molar-refractivity contribution in [2.75, 3.05) is 11.9 Å². The van der Waals surface area contributed by atoms with Crippen molar-refractivity contribution in [3.05, 3.63) is 65.7 Å². The maximum absolute atomic E-state index is 12.2. The fourth-order valence-corrected chi connectivity index (χ4v) is 2.75. The molecule has 0 saturated heterocycles. The number of amides is 2. The zero-order chi connectivity index (χ0) is 16.9. The predicted octanol–water partition coefficient (Wildman–Crippen LogP) is 2.93. The molecule has 0 bridgehead atoms. The molecule has 0 aromatic heterocycles. The summed E-state index contributed by atoms with van der Waals surface area (Å²) in [4.78, 5) is 24.3. The van der Waals surface area contributed by atoms with Crippen LogP contribution in [0.5, 0.6) is 0 Å². The number of aryl methyl sites for hydroxylation is 1. The SMILES string of the molecule is Cc1ccc(NC(=O)C2CC2C(=O)NCCc2ccccc2)cc1. The highest BCUT2D eigenvalue weighted by Crippen LogP contribution is 2.39. The maximum Gasteiger partial charge on any atom is 0.228 e. The van der Waals surface area contributed by atoms with Crippen LogP contribution in [0.4, 0.5) is 5.69 Å². The van der Waals surface area contributed by atoms with Gasteiger partial charge in [0.25, 0.3) is 0 Å². The Kier molecular flexibility index (Phi) is 4.94. The van der Waals surface area contributed by atoms with Crippen LogP contribution in [0.3, 0.4) is 0 Å². The van der Waals surface area contributed by atoms with Gasteiger partial charge < -0.3 is 10.6 Å². The average Bonchev–Trinajstić information content (AvgIpc) is 3.39. The van der Waals surface area contributed by atoms with Crippen LogP contribution in [0.15, 0.2) is 54.6 Å². The molecule has 2 atom stereocenters. The Hall–Kier alpha value is -2.62. The summed E-state index contributed by atoms with van der Waals surface area (Å²) < 4.78 is 0. The number of benzene rings is 2. The van der Waals surface area contributed by atoms with Gasteiger partial charge in [-0.2, -0.15) is 0 Å². The molecule has 2 amide bonds. The van der Waals surface area contributed by atoms with Crippen molar-refractivity contribution in [2.45, 2.75) is 19.8 Å². The highest BCUT2D eigenvalue weighted by molar-refractivity contribution is 5.99. The lowest BCUT2D eigenvalue weighted by molar-refractivity contribution is -0.125. The fraction of sp³-hybridized carbons (Fsp3) is 0.300. The monoisotopic (exact) mass is 322 g/mol. The van der Waals surface area contributed by atoms with Gasteiger partial charge in [-0.1, -0.05) is 48.0 Å². The maximum atomic E-state index is 12.2. The summed E-state index contributed by atoms with van der Waals surface area (Å²) >= 11 is 0. The Balaban J connectivity index is 1.41. The molecule has 1 saturated carbocycles. The van der Waals surface area contributed by atoms with E-state index in [4.69, 9.17) is 0 Å². The van der Waals surface area contributed by atoms with E-state index in [9.17, 15) is 9.59 Å². The fourth-order valence-electron chi connectivity index (χ4n) is 2.75. The molecule has 3 rings (SSSR count). The second-order valence-electron chi connectivity index (χ2n) is 6.33. The first-order valence-corrected chi connectivity index (χ1v) is 8.32. The van der Waals surface area contributed by atoms with Gasteiger partial charge in [0.15, 0.2) is 0 Å². The number of hydrogen-bond acceptors (Lipinski definition) is 2. The van der Waals surface area contributed by atoms with E-state index >= 15 is 0 Å². The Bertz CT molecular complexity index is 710. The number of hydrogen-bond donors (Lipinski definition) is 2. The van der Waals surface area contributed by atoms with E-state index in [0.717, 1.165) is 17.7 Å². The second-order valence-corrected chi connectivity index (χ2v) is 6.33. The van der Waals surface area contributed by atoms with E-state index in [1.807, 2.05) is 61.5 Å². The summed E-state index contributed by atoms with van der Waals surface area (Å²) in [5.74, 6) is -0.480. The molecule has 2 aromatic carbocycles. The summed E-state index contributed by atoms with van der Waals surface area (Å²) in [6.45, 7) is 2.61. The first-order valence-electron chi connectivity index (χ1n) is 8.32. The molecular formula is C20H22N2O2. The molecule has 2 N–H and O–H groups in total. The van der Waals surface area contributed by atoms with Crippen molar-refractivity contribution in [3.63, 3.8) is 0 Å². The van der Waals surface area contributed by atoms with Crippen molar-refractivity contribution >= 4 is 17.5 Å². The molecule has 1 aliphatic carbocycles. The Morgan fingerprint density at radius 3 is 2.33 bits per heavy atom. The minimum atomic E-state index is -0.206. The molecule has 4 nitrogen and oxygen atoms in total. The predicted molar refractivity (Wildman–Crippen MR) is 94.6 cm³/mol. The topological polar surface area (TPSA) is 58.2 Å². The number of rotatable bonds is 6. The van der Waals surface area contributed by atoms with Crippen molar-refractivity contribution in [1.29, 1.82) is 0 Å². The number of anilines is 1. The molecule has 0 heterocycles. The summed E-state index contributed by atoms with van der Waals surface area (Å²) in [7, 11) is 0. The van der Waals surface area contributed by atoms with Crippen LogP contribution in [0.25, 0.3) is 0 Å². The summed E-state index contributed by atoms with van der Waals surface area (Å²) in [5.41, 5.74) is 3.12. The van der Waals surface area contributed by atoms with Crippen LogP contribution in [-0.4, -0.2) is 18.4 Å². The van der Waals surface area contributed by atoms with Gasteiger partial charge in [0, 0.05) is 12.2 Å². The normalized spacial score (nSPS) is 18.7. The molecule has 0 radical (unpaired) electrons. The average molecular weight is 322 g/mol. The lowest BCUT2D eigenvalue weighted by atomic mass is 10.1. The van der Waals surface area contributed by atoms with Crippen LogP contribution in [0, 0.1) is 18.8 Å². The van der Waals surface area contributed by atoms with E-state index in [2.05, 4.69) is 10.6 Å². The van der Waals surface area contributed by atoms with Gasteiger partial charge in [-0.25, -0.2) is 0 Å². The van der Waals surface area contributed by atoms with E-state index in [-0.39, 0.29) is 23.7 Å². The van der Waals surface area contributed by atoms with Gasteiger partial charge >= 0.3 is 0 Å². The minimum Gasteiger partial charge on any atom is -0.356 e. The smallest absolute Gasteiger partial charge is 0.228 e. The van der Waals surface area contributed by atoms with Gasteiger partial charge in [0.2, 0.25) is 11.8 Å². The van der Waals surface area contributed by atoms with E-state index in [0.29, 0.717) is 13.0 Å². The van der Waals surface area contributed by atoms with Crippen LogP contribution in [0.2, 0.25) is 0 Å². The van der Waals surface area contributed by atoms with Gasteiger partial charge in [-0.15, -0.1) is 0 Å². The van der Waals surface area contributed by atoms with Gasteiger partial charge in [0.05, 0.1) is 11.8 Å². The number of carbonyl (C=O) groups excluding carboxylic acids is 2. The third-order valence-corrected chi connectivity index (χ3v) is 4.34. The molecule has 124 valence electrons. The molecule has 4 heteroatoms. The lowest BCUT2D eigenvalue weighted by Gasteiger charge is -2.06. The van der Waals surface area contributed by atoms with Crippen molar-refractivity contribution in [2.24, 2.45) is 11.8 Å². The quantitative estimate of drug-likeness (QED) is 0.859. The Morgan fingerprint density at radius 1 is 0.958 bits per heavy atom. The Labute approximate surface area is 142 Å². The second kappa shape index (κ2) is 7.30. The van der Waals surface area contributed by atoms with Gasteiger partial charge in [0.1, 0.15) is 0 Å². The first-order chi connectivity index (χ1) is 11.6. The number of nitrogens with one attached hydrogen (secondary N) is 2. The lowest BCUT2D eigenvalue weighted by Crippen LogP contribution is -2.29. The molecular weight excluding hydrogens is 300 g/mol. The summed E-state index contributed by atoms with van der Waals surface area (Å²) in [6.07, 6.45) is 1.44. The standard InChI is InChI=1S/C20H22N2O2/c1-14-7-9-16(10-8-14)22-20(24)18-13-17(18)19(23)21-12-11-15-5-3-2-4-6-15/h2-10,17-18H,11-13H2,1H3,(H,21,23)(H,22,24). The van der Waals surface area contributed by atoms with Gasteiger partial charge in [-0.3, -0.25) is 9.59 Å². The molecule has 2 unspecified atom stereocenters. The van der Waals surface area contributed by atoms with E-state index in [1.165, 1.54) is 5.56 Å². The molecule has 1 fully saturated rings. The van der Waals surface area contributed by atoms with Crippen molar-refractivity contribution in [1.82, 2.24) is 5.32 Å². The third-order valence-electron chi connectivity index (χ3n) is 4.34. The first kappa shape index (κ1) is 16.2. The summed E-state index contributed by atoms with van der Waals surface area (Å²) in [5, 5.41) is 5.81. The van der Waals surface area contributed by atoms with Crippen LogP contribution >= 0.6 is 0 Å². The zero-order valence-electron chi connectivity index (χ0n) is 13.8. The van der Waals surface area contributed by atoms with Crippen LogP contribution < -0.4 is 10.6 Å². The zero-order valence-corrected chi connectivity index (χ0v) is 13.8. The van der Waals surface area contributed by atoms with E-state index in [1.54, 1.807) is 0 Å². The Morgan fingerprint density at radius 2 is 1.62 bits per heavy atom. The molecule has 2 aromatic rings. The minimum absolute atomic E-state index is 0.0185. The van der Waals surface area contributed by atoms with Crippen LogP contribution in [-0.2, 0) is 16.0 Å². The molecule has 0 aliphatic heterocycles. The van der Waals surface area contributed by atoms with Gasteiger partial charge in [-0.05, 0) is 37.5 Å². The summed E-state index contributed by atoms with van der Waals surface area (Å²) in [6, 6.07) is 17.7. The largest absolute Gasteiger partial charge is 0.356 e. The highest BCUT2D eigenvalue weighted by atomic mass is 16.2. The third kappa shape index (κ3) is 4.22. The highest BCUT2D eigenvalue weighted by Gasteiger charge is 2.47.